The van der Waals surface area contributed by atoms with Gasteiger partial charge in [-0.1, -0.05) is 0 Å². The molecule has 2 aromatic heterocycles. The Morgan fingerprint density at radius 3 is 2.41 bits per heavy atom. The number of rotatable bonds is 7. The Morgan fingerprint density at radius 2 is 1.90 bits per heavy atom. The van der Waals surface area contributed by atoms with Crippen molar-refractivity contribution in [2.24, 2.45) is 0 Å². The van der Waals surface area contributed by atoms with Crippen molar-refractivity contribution in [3.05, 3.63) is 69.7 Å². The lowest BCUT2D eigenvalue weighted by molar-refractivity contribution is 0.0949. The van der Waals surface area contributed by atoms with E-state index < -0.39 is 10.0 Å². The van der Waals surface area contributed by atoms with Crippen LogP contribution in [0, 0.1) is 13.8 Å². The number of aryl methyl sites for hydroxylation is 2. The highest BCUT2D eigenvalue weighted by Crippen LogP contribution is 2.22. The summed E-state index contributed by atoms with van der Waals surface area (Å²) < 4.78 is 27.4. The molecular weight excluding hydrogens is 408 g/mol. The summed E-state index contributed by atoms with van der Waals surface area (Å²) in [5, 5.41) is 11.6. The maximum atomic E-state index is 12.6. The van der Waals surface area contributed by atoms with Crippen molar-refractivity contribution < 1.29 is 13.2 Å². The lowest BCUT2D eigenvalue weighted by Gasteiger charge is -2.19. The lowest BCUT2D eigenvalue weighted by Crippen LogP contribution is -2.32. The van der Waals surface area contributed by atoms with Gasteiger partial charge in [0, 0.05) is 31.9 Å². The van der Waals surface area contributed by atoms with Crippen LogP contribution in [0.4, 0.5) is 0 Å². The maximum Gasteiger partial charge on any atom is 0.251 e. The molecule has 9 heteroatoms. The minimum Gasteiger partial charge on any atom is -0.350 e. The molecule has 1 aromatic carbocycles. The molecule has 2 heterocycles. The van der Waals surface area contributed by atoms with Gasteiger partial charge in [-0.3, -0.25) is 9.48 Å². The lowest BCUT2D eigenvalue weighted by atomic mass is 10.1. The van der Waals surface area contributed by atoms with Crippen LogP contribution in [-0.2, 0) is 10.0 Å². The summed E-state index contributed by atoms with van der Waals surface area (Å²) in [6, 6.07) is 9.85. The monoisotopic (exact) mass is 432 g/mol. The summed E-state index contributed by atoms with van der Waals surface area (Å²) in [6.07, 6.45) is 0. The van der Waals surface area contributed by atoms with Gasteiger partial charge in [0.05, 0.1) is 16.6 Å². The first-order chi connectivity index (χ1) is 13.7. The normalized spacial score (nSPS) is 12.9. The molecule has 1 amide bonds. The van der Waals surface area contributed by atoms with E-state index in [1.807, 2.05) is 41.4 Å². The minimum atomic E-state index is -3.52. The molecule has 0 unspecified atom stereocenters. The van der Waals surface area contributed by atoms with Crippen molar-refractivity contribution in [1.29, 1.82) is 0 Å². The number of sulfonamides is 1. The fourth-order valence-corrected chi connectivity index (χ4v) is 4.66. The third-order valence-corrected chi connectivity index (χ3v) is 7.15. The van der Waals surface area contributed by atoms with Gasteiger partial charge in [-0.2, -0.15) is 16.4 Å². The van der Waals surface area contributed by atoms with Crippen LogP contribution >= 0.6 is 11.3 Å². The fraction of sp³-hybridized carbons (Fsp3) is 0.300. The summed E-state index contributed by atoms with van der Waals surface area (Å²) in [5.41, 5.74) is 3.42. The molecule has 0 aliphatic heterocycles. The summed E-state index contributed by atoms with van der Waals surface area (Å²) >= 11 is 1.60. The smallest absolute Gasteiger partial charge is 0.251 e. The summed E-state index contributed by atoms with van der Waals surface area (Å²) in [7, 11) is -0.579. The van der Waals surface area contributed by atoms with Crippen molar-refractivity contribution in [1.82, 2.24) is 19.4 Å². The zero-order chi connectivity index (χ0) is 21.2. The largest absolute Gasteiger partial charge is 0.350 e. The SMILES string of the molecule is Cc1cc(C)n([C@@H](CNC(=O)c2ccc(S(=O)(=O)N(C)C)cc2)c2ccsc2)n1. The number of aromatic nitrogens is 2. The first-order valence-electron chi connectivity index (χ1n) is 9.06. The molecule has 1 atom stereocenters. The number of hydrogen-bond acceptors (Lipinski definition) is 5. The van der Waals surface area contributed by atoms with Crippen molar-refractivity contribution in [3.8, 4) is 0 Å². The van der Waals surface area contributed by atoms with Crippen LogP contribution in [0.3, 0.4) is 0 Å². The Bertz CT molecular complexity index is 1090. The summed E-state index contributed by atoms with van der Waals surface area (Å²) in [5.74, 6) is -0.263. The van der Waals surface area contributed by atoms with Crippen molar-refractivity contribution in [3.63, 3.8) is 0 Å². The number of nitrogens with zero attached hydrogens (tertiary/aromatic N) is 3. The van der Waals surface area contributed by atoms with E-state index in [2.05, 4.69) is 10.4 Å². The predicted octanol–water partition coefficient (Wildman–Crippen LogP) is 2.83. The fourth-order valence-electron chi connectivity index (χ4n) is 3.05. The van der Waals surface area contributed by atoms with Gasteiger partial charge in [0.2, 0.25) is 10.0 Å². The van der Waals surface area contributed by atoms with Crippen LogP contribution in [0.5, 0.6) is 0 Å². The second-order valence-corrected chi connectivity index (χ2v) is 9.90. The second kappa shape index (κ2) is 8.48. The van der Waals surface area contributed by atoms with Crippen molar-refractivity contribution >= 4 is 27.3 Å². The van der Waals surface area contributed by atoms with Gasteiger partial charge < -0.3 is 5.32 Å². The van der Waals surface area contributed by atoms with E-state index in [0.29, 0.717) is 12.1 Å². The highest BCUT2D eigenvalue weighted by Gasteiger charge is 2.20. The second-order valence-electron chi connectivity index (χ2n) is 6.97. The average Bonchev–Trinajstić information content (AvgIpc) is 3.32. The van der Waals surface area contributed by atoms with Crippen LogP contribution < -0.4 is 5.32 Å². The molecule has 0 bridgehead atoms. The predicted molar refractivity (Wildman–Crippen MR) is 114 cm³/mol. The number of amides is 1. The zero-order valence-electron chi connectivity index (χ0n) is 16.8. The number of carbonyl (C=O) groups is 1. The third kappa shape index (κ3) is 4.58. The van der Waals surface area contributed by atoms with Gasteiger partial charge >= 0.3 is 0 Å². The van der Waals surface area contributed by atoms with Crippen LogP contribution in [0.2, 0.25) is 0 Å². The molecule has 0 saturated carbocycles. The molecule has 3 rings (SSSR count). The van der Waals surface area contributed by atoms with E-state index in [9.17, 15) is 13.2 Å². The van der Waals surface area contributed by atoms with E-state index in [1.54, 1.807) is 11.3 Å². The summed E-state index contributed by atoms with van der Waals surface area (Å²) in [6.45, 7) is 4.30. The molecule has 0 aliphatic rings. The van der Waals surface area contributed by atoms with Crippen molar-refractivity contribution in [2.75, 3.05) is 20.6 Å². The van der Waals surface area contributed by atoms with Crippen LogP contribution in [0.15, 0.2) is 52.1 Å². The van der Waals surface area contributed by atoms with Gasteiger partial charge in [-0.05, 0) is 66.6 Å². The third-order valence-electron chi connectivity index (χ3n) is 4.62. The Balaban J connectivity index is 1.76. The zero-order valence-corrected chi connectivity index (χ0v) is 18.4. The molecule has 0 radical (unpaired) electrons. The molecule has 29 heavy (non-hydrogen) atoms. The van der Waals surface area contributed by atoms with Crippen LogP contribution in [0.25, 0.3) is 0 Å². The topological polar surface area (TPSA) is 84.3 Å². The number of nitrogens with one attached hydrogen (secondary N) is 1. The van der Waals surface area contributed by atoms with Gasteiger partial charge in [0.15, 0.2) is 0 Å². The Labute approximate surface area is 175 Å². The summed E-state index contributed by atoms with van der Waals surface area (Å²) in [4.78, 5) is 12.8. The van der Waals surface area contributed by atoms with E-state index in [1.165, 1.54) is 38.4 Å². The van der Waals surface area contributed by atoms with Gasteiger partial charge in [-0.25, -0.2) is 12.7 Å². The average molecular weight is 433 g/mol. The first-order valence-corrected chi connectivity index (χ1v) is 11.4. The van der Waals surface area contributed by atoms with Gasteiger partial charge in [0.1, 0.15) is 0 Å². The maximum absolute atomic E-state index is 12.6. The Morgan fingerprint density at radius 1 is 1.21 bits per heavy atom. The molecule has 0 fully saturated rings. The molecule has 154 valence electrons. The Hall–Kier alpha value is -2.49. The number of benzene rings is 1. The van der Waals surface area contributed by atoms with Crippen LogP contribution in [0.1, 0.15) is 33.4 Å². The standard InChI is InChI=1S/C20H24N4O3S2/c1-14-11-15(2)24(22-14)19(17-9-10-28-13-17)12-21-20(25)16-5-7-18(8-6-16)29(26,27)23(3)4/h5-11,13,19H,12H2,1-4H3,(H,21,25)/t19-/m0/s1. The molecular formula is C20H24N4O3S2. The molecule has 7 nitrogen and oxygen atoms in total. The number of hydrogen-bond donors (Lipinski definition) is 1. The van der Waals surface area contributed by atoms with E-state index in [-0.39, 0.29) is 16.8 Å². The minimum absolute atomic E-state index is 0.118. The van der Waals surface area contributed by atoms with E-state index in [0.717, 1.165) is 21.3 Å². The van der Waals surface area contributed by atoms with Gasteiger partial charge in [0.25, 0.3) is 5.91 Å². The highest BCUT2D eigenvalue weighted by atomic mass is 32.2. The first kappa shape index (κ1) is 21.2. The molecule has 0 saturated heterocycles. The Kier molecular flexibility index (Phi) is 6.21. The van der Waals surface area contributed by atoms with Gasteiger partial charge in [-0.15, -0.1) is 0 Å². The van der Waals surface area contributed by atoms with Crippen LogP contribution in [-0.4, -0.2) is 49.1 Å². The number of carbonyl (C=O) groups excluding carboxylic acids is 1. The molecule has 3 aromatic rings. The van der Waals surface area contributed by atoms with E-state index >= 15 is 0 Å². The molecule has 0 aliphatic carbocycles. The highest BCUT2D eigenvalue weighted by molar-refractivity contribution is 7.89. The molecule has 0 spiro atoms. The molecule has 1 N–H and O–H groups in total. The number of thiophene rings is 1. The van der Waals surface area contributed by atoms with E-state index in [4.69, 9.17) is 0 Å². The quantitative estimate of drug-likeness (QED) is 0.622. The van der Waals surface area contributed by atoms with Crippen molar-refractivity contribution in [2.45, 2.75) is 24.8 Å².